The van der Waals surface area contributed by atoms with Crippen LogP contribution in [0.2, 0.25) is 0 Å². The maximum atomic E-state index is 12.8. The first-order valence-electron chi connectivity index (χ1n) is 10.8. The SMILES string of the molecule is N#Cc1ccc2nccc(Nc3cccc(C(=O)Nc4ccc(Nc5ccncc5)cc4)n3)c2c1. The minimum atomic E-state index is -0.324. The Morgan fingerprint density at radius 2 is 1.57 bits per heavy atom. The lowest BCUT2D eigenvalue weighted by molar-refractivity contribution is 0.102. The van der Waals surface area contributed by atoms with E-state index in [1.54, 1.807) is 61.1 Å². The normalized spacial score (nSPS) is 10.4. The van der Waals surface area contributed by atoms with Crippen molar-refractivity contribution >= 4 is 45.4 Å². The van der Waals surface area contributed by atoms with Crippen LogP contribution in [-0.4, -0.2) is 20.9 Å². The zero-order valence-corrected chi connectivity index (χ0v) is 18.4. The van der Waals surface area contributed by atoms with Crippen molar-refractivity contribution in [1.29, 1.82) is 5.26 Å². The fourth-order valence-electron chi connectivity index (χ4n) is 3.53. The Balaban J connectivity index is 1.30. The summed E-state index contributed by atoms with van der Waals surface area (Å²) >= 11 is 0. The number of pyridine rings is 3. The third kappa shape index (κ3) is 5.05. The molecule has 0 fully saturated rings. The van der Waals surface area contributed by atoms with Gasteiger partial charge in [-0.3, -0.25) is 14.8 Å². The highest BCUT2D eigenvalue weighted by Gasteiger charge is 2.10. The second-order valence-electron chi connectivity index (χ2n) is 7.63. The molecule has 35 heavy (non-hydrogen) atoms. The number of carbonyl (C=O) groups excluding carboxylic acids is 1. The molecule has 8 nitrogen and oxygen atoms in total. The number of aromatic nitrogens is 3. The standard InChI is InChI=1S/C27H19N7O/c28-17-18-4-9-23-22(16-18)24(12-15-30-23)33-26-3-1-2-25(34-26)27(35)32-20-7-5-19(6-8-20)31-21-10-13-29-14-11-21/h1-16H,(H,29,31)(H,32,35)(H,30,33,34). The summed E-state index contributed by atoms with van der Waals surface area (Å²) in [5.41, 5.74) is 4.78. The van der Waals surface area contributed by atoms with E-state index < -0.39 is 0 Å². The lowest BCUT2D eigenvalue weighted by atomic mass is 10.1. The van der Waals surface area contributed by atoms with E-state index in [2.05, 4.69) is 37.0 Å². The molecule has 0 spiro atoms. The van der Waals surface area contributed by atoms with Gasteiger partial charge in [0, 0.05) is 41.0 Å². The molecule has 5 rings (SSSR count). The number of nitrogens with zero attached hydrogens (tertiary/aromatic N) is 4. The second-order valence-corrected chi connectivity index (χ2v) is 7.63. The number of rotatable bonds is 6. The zero-order valence-electron chi connectivity index (χ0n) is 18.4. The number of nitrogens with one attached hydrogen (secondary N) is 3. The van der Waals surface area contributed by atoms with Gasteiger partial charge in [-0.2, -0.15) is 5.26 Å². The predicted octanol–water partition coefficient (Wildman–Crippen LogP) is 5.64. The van der Waals surface area contributed by atoms with Gasteiger partial charge >= 0.3 is 0 Å². The van der Waals surface area contributed by atoms with Crippen LogP contribution < -0.4 is 16.0 Å². The van der Waals surface area contributed by atoms with Crippen LogP contribution >= 0.6 is 0 Å². The van der Waals surface area contributed by atoms with Crippen LogP contribution in [0.3, 0.4) is 0 Å². The van der Waals surface area contributed by atoms with Crippen LogP contribution in [0.5, 0.6) is 0 Å². The highest BCUT2D eigenvalue weighted by Crippen LogP contribution is 2.25. The number of anilines is 5. The average Bonchev–Trinajstić information content (AvgIpc) is 2.90. The first-order valence-corrected chi connectivity index (χ1v) is 10.8. The molecule has 0 radical (unpaired) electrons. The van der Waals surface area contributed by atoms with Gasteiger partial charge in [0.1, 0.15) is 11.5 Å². The number of hydrogen-bond acceptors (Lipinski definition) is 7. The summed E-state index contributed by atoms with van der Waals surface area (Å²) < 4.78 is 0. The fourth-order valence-corrected chi connectivity index (χ4v) is 3.53. The Kier molecular flexibility index (Phi) is 5.96. The van der Waals surface area contributed by atoms with E-state index in [1.807, 2.05) is 36.4 Å². The van der Waals surface area contributed by atoms with Gasteiger partial charge in [0.2, 0.25) is 0 Å². The van der Waals surface area contributed by atoms with Crippen molar-refractivity contribution in [2.24, 2.45) is 0 Å². The molecule has 8 heteroatoms. The van der Waals surface area contributed by atoms with Gasteiger partial charge in [-0.05, 0) is 72.8 Å². The van der Waals surface area contributed by atoms with E-state index in [0.29, 0.717) is 17.1 Å². The molecular formula is C27H19N7O. The molecule has 0 unspecified atom stereocenters. The number of nitriles is 1. The highest BCUT2D eigenvalue weighted by molar-refractivity contribution is 6.03. The van der Waals surface area contributed by atoms with Crippen LogP contribution in [0.15, 0.2) is 97.5 Å². The van der Waals surface area contributed by atoms with Gasteiger partial charge in [-0.25, -0.2) is 4.98 Å². The number of carbonyl (C=O) groups is 1. The summed E-state index contributed by atoms with van der Waals surface area (Å²) in [5, 5.41) is 19.4. The molecule has 1 amide bonds. The van der Waals surface area contributed by atoms with Crippen molar-refractivity contribution in [3.05, 3.63) is 109 Å². The van der Waals surface area contributed by atoms with Crippen LogP contribution in [0.25, 0.3) is 10.9 Å². The molecule has 5 aromatic rings. The van der Waals surface area contributed by atoms with E-state index >= 15 is 0 Å². The Hall–Kier alpha value is -5.29. The van der Waals surface area contributed by atoms with Gasteiger partial charge in [0.25, 0.3) is 5.91 Å². The lowest BCUT2D eigenvalue weighted by Gasteiger charge is -2.11. The molecule has 0 saturated carbocycles. The maximum absolute atomic E-state index is 12.8. The molecule has 2 aromatic carbocycles. The molecule has 0 aliphatic carbocycles. The minimum Gasteiger partial charge on any atom is -0.355 e. The van der Waals surface area contributed by atoms with Crippen molar-refractivity contribution in [3.63, 3.8) is 0 Å². The molecule has 3 aromatic heterocycles. The minimum absolute atomic E-state index is 0.269. The Morgan fingerprint density at radius 3 is 2.37 bits per heavy atom. The average molecular weight is 457 g/mol. The third-order valence-corrected chi connectivity index (χ3v) is 5.23. The quantitative estimate of drug-likeness (QED) is 0.302. The van der Waals surface area contributed by atoms with Crippen molar-refractivity contribution in [2.75, 3.05) is 16.0 Å². The molecule has 168 valence electrons. The topological polar surface area (TPSA) is 116 Å². The molecular weight excluding hydrogens is 438 g/mol. The van der Waals surface area contributed by atoms with Gasteiger partial charge in [-0.1, -0.05) is 6.07 Å². The van der Waals surface area contributed by atoms with Crippen LogP contribution in [-0.2, 0) is 0 Å². The third-order valence-electron chi connectivity index (χ3n) is 5.23. The van der Waals surface area contributed by atoms with Crippen molar-refractivity contribution in [3.8, 4) is 6.07 Å². The molecule has 0 atom stereocenters. The van der Waals surface area contributed by atoms with Crippen LogP contribution in [0, 0.1) is 11.3 Å². The number of fused-ring (bicyclic) bond motifs is 1. The van der Waals surface area contributed by atoms with Gasteiger partial charge in [0.05, 0.1) is 22.8 Å². The summed E-state index contributed by atoms with van der Waals surface area (Å²) in [5.74, 6) is 0.180. The second kappa shape index (κ2) is 9.68. The fraction of sp³-hybridized carbons (Fsp3) is 0. The molecule has 0 aliphatic heterocycles. The van der Waals surface area contributed by atoms with E-state index in [4.69, 9.17) is 0 Å². The molecule has 3 heterocycles. The van der Waals surface area contributed by atoms with Gasteiger partial charge in [0.15, 0.2) is 0 Å². The summed E-state index contributed by atoms with van der Waals surface area (Å²) in [7, 11) is 0. The predicted molar refractivity (Wildman–Crippen MR) is 136 cm³/mol. The molecule has 0 saturated heterocycles. The van der Waals surface area contributed by atoms with E-state index in [0.717, 1.165) is 28.0 Å². The Morgan fingerprint density at radius 1 is 0.800 bits per heavy atom. The lowest BCUT2D eigenvalue weighted by Crippen LogP contribution is -2.14. The summed E-state index contributed by atoms with van der Waals surface area (Å²) in [6, 6.07) is 25.6. The van der Waals surface area contributed by atoms with Crippen molar-refractivity contribution in [2.45, 2.75) is 0 Å². The first-order chi connectivity index (χ1) is 17.2. The van der Waals surface area contributed by atoms with Gasteiger partial charge in [-0.15, -0.1) is 0 Å². The van der Waals surface area contributed by atoms with Crippen molar-refractivity contribution in [1.82, 2.24) is 15.0 Å². The number of hydrogen-bond donors (Lipinski definition) is 3. The van der Waals surface area contributed by atoms with Crippen LogP contribution in [0.4, 0.5) is 28.6 Å². The largest absolute Gasteiger partial charge is 0.355 e. The van der Waals surface area contributed by atoms with E-state index in [-0.39, 0.29) is 11.6 Å². The molecule has 3 N–H and O–H groups in total. The monoisotopic (exact) mass is 457 g/mol. The summed E-state index contributed by atoms with van der Waals surface area (Å²) in [6.45, 7) is 0. The number of benzene rings is 2. The van der Waals surface area contributed by atoms with E-state index in [9.17, 15) is 10.1 Å². The molecule has 0 aliphatic rings. The first kappa shape index (κ1) is 21.6. The number of amides is 1. The summed E-state index contributed by atoms with van der Waals surface area (Å²) in [6.07, 6.45) is 5.11. The maximum Gasteiger partial charge on any atom is 0.274 e. The van der Waals surface area contributed by atoms with Crippen LogP contribution in [0.1, 0.15) is 16.1 Å². The zero-order chi connectivity index (χ0) is 24.0. The van der Waals surface area contributed by atoms with Crippen molar-refractivity contribution < 1.29 is 4.79 Å². The Bertz CT molecular complexity index is 1540. The summed E-state index contributed by atoms with van der Waals surface area (Å²) in [4.78, 5) is 25.6. The van der Waals surface area contributed by atoms with Gasteiger partial charge < -0.3 is 16.0 Å². The molecule has 0 bridgehead atoms. The highest BCUT2D eigenvalue weighted by atomic mass is 16.1. The smallest absolute Gasteiger partial charge is 0.274 e. The van der Waals surface area contributed by atoms with E-state index in [1.165, 1.54) is 0 Å². The Labute approximate surface area is 201 Å².